The van der Waals surface area contributed by atoms with Crippen molar-refractivity contribution in [2.45, 2.75) is 213 Å². The van der Waals surface area contributed by atoms with Crippen molar-refractivity contribution in [3.63, 3.8) is 0 Å². The predicted octanol–water partition coefficient (Wildman–Crippen LogP) is 11.8. The first kappa shape index (κ1) is 49.8. The van der Waals surface area contributed by atoms with Gasteiger partial charge >= 0.3 is 19.8 Å². The van der Waals surface area contributed by atoms with E-state index in [0.29, 0.717) is 6.42 Å². The molecule has 10 heteroatoms. The van der Waals surface area contributed by atoms with Crippen molar-refractivity contribution in [2.24, 2.45) is 5.73 Å². The Morgan fingerprint density at radius 3 is 1.39 bits per heavy atom. The highest BCUT2D eigenvalue weighted by molar-refractivity contribution is 7.47. The van der Waals surface area contributed by atoms with Crippen LogP contribution in [0.15, 0.2) is 12.2 Å². The van der Waals surface area contributed by atoms with Crippen molar-refractivity contribution in [2.75, 3.05) is 26.4 Å². The number of esters is 2. The Bertz CT molecular complexity index is 856. The topological polar surface area (TPSA) is 134 Å². The van der Waals surface area contributed by atoms with Gasteiger partial charge in [-0.15, -0.1) is 0 Å². The number of hydrogen-bond donors (Lipinski definition) is 2. The molecule has 0 aliphatic rings. The number of carbonyl (C=O) groups excluding carboxylic acids is 2. The number of carbonyl (C=O) groups is 2. The quantitative estimate of drug-likeness (QED) is 0.0272. The lowest BCUT2D eigenvalue weighted by Gasteiger charge is -2.19. The molecule has 0 aromatic carbocycles. The Kier molecular flexibility index (Phi) is 37.5. The fourth-order valence-electron chi connectivity index (χ4n) is 5.98. The second kappa shape index (κ2) is 38.5. The Morgan fingerprint density at radius 2 is 0.961 bits per heavy atom. The van der Waals surface area contributed by atoms with Gasteiger partial charge in [0.15, 0.2) is 6.10 Å². The first-order valence-corrected chi connectivity index (χ1v) is 22.7. The molecule has 302 valence electrons. The lowest BCUT2D eigenvalue weighted by molar-refractivity contribution is -0.161. The third-order valence-electron chi connectivity index (χ3n) is 9.15. The van der Waals surface area contributed by atoms with Crippen LogP contribution >= 0.6 is 7.82 Å². The Balaban J connectivity index is 4.11. The highest BCUT2D eigenvalue weighted by Crippen LogP contribution is 2.43. The summed E-state index contributed by atoms with van der Waals surface area (Å²) in [5, 5.41) is 0. The maximum Gasteiger partial charge on any atom is 0.472 e. The Hall–Kier alpha value is -1.25. The van der Waals surface area contributed by atoms with Gasteiger partial charge in [-0.25, -0.2) is 4.57 Å². The summed E-state index contributed by atoms with van der Waals surface area (Å²) in [6.45, 7) is 3.73. The van der Waals surface area contributed by atoms with Crippen LogP contribution in [-0.2, 0) is 32.7 Å². The van der Waals surface area contributed by atoms with Gasteiger partial charge in [0.05, 0.1) is 13.2 Å². The van der Waals surface area contributed by atoms with E-state index >= 15 is 0 Å². The van der Waals surface area contributed by atoms with Crippen LogP contribution < -0.4 is 5.73 Å². The minimum Gasteiger partial charge on any atom is -0.462 e. The van der Waals surface area contributed by atoms with E-state index in [1.165, 1.54) is 135 Å². The summed E-state index contributed by atoms with van der Waals surface area (Å²) < 4.78 is 32.7. The monoisotopic (exact) mass is 746 g/mol. The van der Waals surface area contributed by atoms with Gasteiger partial charge in [0.1, 0.15) is 6.61 Å². The molecule has 0 spiro atoms. The zero-order valence-corrected chi connectivity index (χ0v) is 34.0. The Morgan fingerprint density at radius 1 is 0.569 bits per heavy atom. The minimum absolute atomic E-state index is 0.0558. The van der Waals surface area contributed by atoms with Crippen LogP contribution in [0.2, 0.25) is 0 Å². The summed E-state index contributed by atoms with van der Waals surface area (Å²) in [4.78, 5) is 34.8. The van der Waals surface area contributed by atoms with Gasteiger partial charge in [-0.1, -0.05) is 167 Å². The summed E-state index contributed by atoms with van der Waals surface area (Å²) in [6, 6.07) is 0. The van der Waals surface area contributed by atoms with Crippen LogP contribution in [0.3, 0.4) is 0 Å². The van der Waals surface area contributed by atoms with E-state index in [1.54, 1.807) is 0 Å². The van der Waals surface area contributed by atoms with Gasteiger partial charge in [0.25, 0.3) is 0 Å². The first-order chi connectivity index (χ1) is 24.8. The highest BCUT2D eigenvalue weighted by Gasteiger charge is 2.26. The van der Waals surface area contributed by atoms with Crippen LogP contribution in [-0.4, -0.2) is 49.3 Å². The number of phosphoric acid groups is 1. The third kappa shape index (κ3) is 38.3. The number of ether oxygens (including phenoxy) is 2. The maximum atomic E-state index is 12.6. The average molecular weight is 746 g/mol. The second-order valence-corrected chi connectivity index (χ2v) is 15.7. The number of phosphoric ester groups is 1. The molecular weight excluding hydrogens is 665 g/mol. The molecule has 0 aromatic rings. The van der Waals surface area contributed by atoms with Crippen LogP contribution in [0, 0.1) is 0 Å². The molecule has 0 amide bonds. The van der Waals surface area contributed by atoms with Crippen molar-refractivity contribution in [3.05, 3.63) is 12.2 Å². The van der Waals surface area contributed by atoms with E-state index in [1.807, 2.05) is 0 Å². The summed E-state index contributed by atoms with van der Waals surface area (Å²) in [7, 11) is -4.37. The van der Waals surface area contributed by atoms with Gasteiger partial charge in [-0.3, -0.25) is 18.6 Å². The standard InChI is InChI=1S/C41H80NO8P/c1-3-5-7-9-11-13-15-16-17-18-19-20-21-22-24-26-28-30-32-34-41(44)50-39(38-49-51(45,46)48-36-35-42)37-47-40(43)33-31-29-27-25-23-14-12-10-8-6-4-2/h16-17,39H,3-15,18-38,42H2,1-2H3,(H,45,46)/b17-16-/t39-/m1/s1. The van der Waals surface area contributed by atoms with E-state index < -0.39 is 26.5 Å². The van der Waals surface area contributed by atoms with Gasteiger partial charge < -0.3 is 20.1 Å². The summed E-state index contributed by atoms with van der Waals surface area (Å²) in [5.41, 5.74) is 5.34. The van der Waals surface area contributed by atoms with Crippen molar-refractivity contribution in [1.82, 2.24) is 0 Å². The minimum atomic E-state index is -4.37. The lowest BCUT2D eigenvalue weighted by Crippen LogP contribution is -2.29. The van der Waals surface area contributed by atoms with E-state index in [0.717, 1.165) is 38.5 Å². The molecule has 0 bridgehead atoms. The van der Waals surface area contributed by atoms with E-state index in [2.05, 4.69) is 26.0 Å². The van der Waals surface area contributed by atoms with Gasteiger partial charge in [0, 0.05) is 19.4 Å². The lowest BCUT2D eigenvalue weighted by atomic mass is 10.1. The molecule has 3 N–H and O–H groups in total. The zero-order valence-electron chi connectivity index (χ0n) is 33.1. The normalized spacial score (nSPS) is 13.4. The molecule has 0 aromatic heterocycles. The number of rotatable bonds is 40. The molecule has 9 nitrogen and oxygen atoms in total. The van der Waals surface area contributed by atoms with Crippen LogP contribution in [0.25, 0.3) is 0 Å². The largest absolute Gasteiger partial charge is 0.472 e. The molecule has 1 unspecified atom stereocenters. The first-order valence-electron chi connectivity index (χ1n) is 21.2. The number of nitrogens with two attached hydrogens (primary N) is 1. The number of unbranched alkanes of at least 4 members (excludes halogenated alkanes) is 25. The van der Waals surface area contributed by atoms with Crippen molar-refractivity contribution >= 4 is 19.8 Å². The fraction of sp³-hybridized carbons (Fsp3) is 0.902. The second-order valence-electron chi connectivity index (χ2n) is 14.2. The summed E-state index contributed by atoms with van der Waals surface area (Å²) >= 11 is 0. The van der Waals surface area contributed by atoms with Crippen molar-refractivity contribution in [3.8, 4) is 0 Å². The molecule has 0 aliphatic heterocycles. The summed E-state index contributed by atoms with van der Waals surface area (Å²) in [5.74, 6) is -0.823. The molecular formula is C41H80NO8P. The SMILES string of the molecule is CCCCCCCC/C=C\CCCCCCCCCCCC(=O)O[C@H](COC(=O)CCCCCCCCCCCCC)COP(=O)(O)OCCN. The molecule has 51 heavy (non-hydrogen) atoms. The third-order valence-corrected chi connectivity index (χ3v) is 10.1. The molecule has 0 fully saturated rings. The molecule has 0 saturated carbocycles. The number of hydrogen-bond acceptors (Lipinski definition) is 8. The molecule has 0 saturated heterocycles. The van der Waals surface area contributed by atoms with E-state index in [4.69, 9.17) is 24.3 Å². The molecule has 2 atom stereocenters. The molecule has 0 rings (SSSR count). The van der Waals surface area contributed by atoms with Gasteiger partial charge in [-0.2, -0.15) is 0 Å². The zero-order chi connectivity index (χ0) is 37.5. The summed E-state index contributed by atoms with van der Waals surface area (Å²) in [6.07, 6.45) is 38.1. The smallest absolute Gasteiger partial charge is 0.462 e. The van der Waals surface area contributed by atoms with Gasteiger partial charge in [-0.05, 0) is 38.5 Å². The molecule has 0 heterocycles. The van der Waals surface area contributed by atoms with Crippen LogP contribution in [0.5, 0.6) is 0 Å². The fourth-order valence-corrected chi connectivity index (χ4v) is 6.75. The van der Waals surface area contributed by atoms with Crippen molar-refractivity contribution < 1.29 is 37.6 Å². The maximum absolute atomic E-state index is 12.6. The predicted molar refractivity (Wildman–Crippen MR) is 211 cm³/mol. The van der Waals surface area contributed by atoms with Crippen molar-refractivity contribution in [1.29, 1.82) is 0 Å². The van der Waals surface area contributed by atoms with Crippen LogP contribution in [0.1, 0.15) is 206 Å². The van der Waals surface area contributed by atoms with Gasteiger partial charge in [0.2, 0.25) is 0 Å². The van der Waals surface area contributed by atoms with Crippen LogP contribution in [0.4, 0.5) is 0 Å². The Labute approximate surface area is 313 Å². The average Bonchev–Trinajstić information content (AvgIpc) is 3.11. The molecule has 0 aliphatic carbocycles. The molecule has 0 radical (unpaired) electrons. The number of allylic oxidation sites excluding steroid dienone is 2. The van der Waals surface area contributed by atoms with E-state index in [-0.39, 0.29) is 38.6 Å². The highest BCUT2D eigenvalue weighted by atomic mass is 31.2. The van der Waals surface area contributed by atoms with E-state index in [9.17, 15) is 19.0 Å².